The maximum atomic E-state index is 9.63. The van der Waals surface area contributed by atoms with Crippen LogP contribution in [0.25, 0.3) is 0 Å². The Labute approximate surface area is 177 Å². The molecule has 0 saturated carbocycles. The Bertz CT molecular complexity index is 307. The average molecular weight is 370 g/mol. The Morgan fingerprint density at radius 3 is 1.11 bits per heavy atom. The quantitative estimate of drug-likeness (QED) is 0.273. The number of aliphatic hydroxyl groups excluding tert-OH is 2. The van der Waals surface area contributed by atoms with Gasteiger partial charge in [0.25, 0.3) is 0 Å². The molecule has 0 rings (SSSR count). The van der Waals surface area contributed by atoms with Crippen molar-refractivity contribution in [1.82, 2.24) is 0 Å². The second-order valence-electron chi connectivity index (χ2n) is 1.94. The zero-order valence-electron chi connectivity index (χ0n) is 9.02. The molecular formula is C4H4CuKNaO10S. The zero-order valence-corrected chi connectivity index (χ0v) is 15.9. The molecule has 0 aliphatic rings. The molecule has 0 spiro atoms. The minimum Gasteiger partial charge on any atom is -0.759 e. The molecule has 0 amide bonds. The molecule has 2 unspecified atom stereocenters. The van der Waals surface area contributed by atoms with Crippen molar-refractivity contribution >= 4 is 22.3 Å². The number of carboxylic acid groups (broad SMARTS) is 2. The van der Waals surface area contributed by atoms with Crippen LogP contribution in [0, 0.1) is 0 Å². The van der Waals surface area contributed by atoms with E-state index in [9.17, 15) is 19.8 Å². The number of carbonyl (C=O) groups excluding carboxylic acids is 2. The monoisotopic (exact) mass is 369 g/mol. The van der Waals surface area contributed by atoms with E-state index in [0.717, 1.165) is 0 Å². The molecule has 0 aliphatic heterocycles. The number of hydrogen-bond acceptors (Lipinski definition) is 10. The van der Waals surface area contributed by atoms with E-state index in [1.807, 2.05) is 0 Å². The molecule has 2 N–H and O–H groups in total. The van der Waals surface area contributed by atoms with Gasteiger partial charge in [-0.15, -0.1) is 0 Å². The summed E-state index contributed by atoms with van der Waals surface area (Å²) < 4.78 is 34.1. The van der Waals surface area contributed by atoms with Gasteiger partial charge >= 0.3 is 98.0 Å². The van der Waals surface area contributed by atoms with Crippen LogP contribution < -0.4 is 91.2 Å². The van der Waals surface area contributed by atoms with E-state index in [1.165, 1.54) is 0 Å². The van der Waals surface area contributed by atoms with Crippen molar-refractivity contribution in [2.45, 2.75) is 12.2 Å². The molecule has 0 aromatic rings. The summed E-state index contributed by atoms with van der Waals surface area (Å²) in [6.45, 7) is 0. The van der Waals surface area contributed by atoms with E-state index in [4.69, 9.17) is 27.7 Å². The van der Waals surface area contributed by atoms with Crippen molar-refractivity contribution in [3.8, 4) is 0 Å². The summed E-state index contributed by atoms with van der Waals surface area (Å²) in [6.07, 6.45) is -4.88. The van der Waals surface area contributed by atoms with E-state index in [0.29, 0.717) is 0 Å². The van der Waals surface area contributed by atoms with Gasteiger partial charge in [-0.05, 0) is 0 Å². The van der Waals surface area contributed by atoms with Gasteiger partial charge in [-0.25, -0.2) is 0 Å². The Hall–Kier alpha value is 1.89. The maximum absolute atomic E-state index is 9.63. The first-order valence-corrected chi connectivity index (χ1v) is 4.24. The summed E-state index contributed by atoms with van der Waals surface area (Å²) in [4.78, 5) is 19.3. The van der Waals surface area contributed by atoms with E-state index < -0.39 is 34.5 Å². The van der Waals surface area contributed by atoms with E-state index >= 15 is 0 Å². The second-order valence-corrected chi connectivity index (χ2v) is 2.75. The molecule has 0 fully saturated rings. The Kier molecular flexibility index (Phi) is 27.2. The number of hydrogen-bond donors (Lipinski definition) is 2. The summed E-state index contributed by atoms with van der Waals surface area (Å²) in [5, 5.41) is 35.7. The predicted octanol–water partition coefficient (Wildman–Crippen LogP) is -12.1. The predicted molar refractivity (Wildman–Crippen MR) is 32.5 cm³/mol. The fourth-order valence-electron chi connectivity index (χ4n) is 0.258. The fourth-order valence-corrected chi connectivity index (χ4v) is 0.258. The molecule has 0 saturated heterocycles. The van der Waals surface area contributed by atoms with Gasteiger partial charge in [-0.3, -0.25) is 8.42 Å². The van der Waals surface area contributed by atoms with Gasteiger partial charge in [0.05, 0.1) is 11.9 Å². The molecule has 0 heterocycles. The van der Waals surface area contributed by atoms with Crippen molar-refractivity contribution in [2.75, 3.05) is 0 Å². The molecule has 0 bridgehead atoms. The third-order valence-corrected chi connectivity index (χ3v) is 0.782. The summed E-state index contributed by atoms with van der Waals surface area (Å²) in [5.41, 5.74) is 0. The molecule has 0 aliphatic carbocycles. The molecule has 0 aromatic heterocycles. The number of carbonyl (C=O) groups is 2. The van der Waals surface area contributed by atoms with Gasteiger partial charge < -0.3 is 39.1 Å². The van der Waals surface area contributed by atoms with Crippen LogP contribution in [0.2, 0.25) is 0 Å². The van der Waals surface area contributed by atoms with Crippen LogP contribution in [0.5, 0.6) is 0 Å². The smallest absolute Gasteiger partial charge is 0.759 e. The summed E-state index contributed by atoms with van der Waals surface area (Å²) >= 11 is 0. The first-order chi connectivity index (χ1) is 6.46. The van der Waals surface area contributed by atoms with E-state index in [2.05, 4.69) is 0 Å². The molecule has 14 heteroatoms. The Morgan fingerprint density at radius 1 is 0.944 bits per heavy atom. The summed E-state index contributed by atoms with van der Waals surface area (Å²) in [6, 6.07) is 0. The number of aliphatic carboxylic acids is 2. The van der Waals surface area contributed by atoms with Crippen LogP contribution in [-0.2, 0) is 37.1 Å². The third kappa shape index (κ3) is 26.4. The largest absolute Gasteiger partial charge is 2.00 e. The first kappa shape index (κ1) is 32.0. The minimum atomic E-state index is -5.17. The zero-order chi connectivity index (χ0) is 12.8. The topological polar surface area (TPSA) is 201 Å². The SMILES string of the molecule is O=C([O-])C(O)C(O)C(=O)[O-].O=S(=O)([O-])[O-].[Cu+2].[K+].[Na+]. The standard InChI is InChI=1S/C4H6O6.Cu.K.Na.H2O4S/c5-1(3(7)8)2(6)4(9)10;;;;1-5(2,3)4/h1-2,5-6H,(H,7,8)(H,9,10);;;;(H2,1,2,3,4)/q;+2;2*+1;/p-4. The van der Waals surface area contributed by atoms with E-state index in [1.54, 1.807) is 0 Å². The molecule has 10 nitrogen and oxygen atoms in total. The van der Waals surface area contributed by atoms with Crippen molar-refractivity contribution in [3.63, 3.8) is 0 Å². The third-order valence-electron chi connectivity index (χ3n) is 0.782. The van der Waals surface area contributed by atoms with Crippen molar-refractivity contribution in [3.05, 3.63) is 0 Å². The molecule has 99 valence electrons. The van der Waals surface area contributed by atoms with Gasteiger partial charge in [-0.2, -0.15) is 0 Å². The van der Waals surface area contributed by atoms with Crippen LogP contribution in [-0.4, -0.2) is 51.9 Å². The summed E-state index contributed by atoms with van der Waals surface area (Å²) in [7, 11) is -5.17. The van der Waals surface area contributed by atoms with Gasteiger partial charge in [0.2, 0.25) is 0 Å². The van der Waals surface area contributed by atoms with Crippen LogP contribution in [0.3, 0.4) is 0 Å². The van der Waals surface area contributed by atoms with Gasteiger partial charge in [0.15, 0.2) is 0 Å². The van der Waals surface area contributed by atoms with Crippen LogP contribution >= 0.6 is 0 Å². The molecular weight excluding hydrogens is 366 g/mol. The summed E-state index contributed by atoms with van der Waals surface area (Å²) in [5.74, 6) is -4.12. The van der Waals surface area contributed by atoms with Crippen LogP contribution in [0.4, 0.5) is 0 Å². The fraction of sp³-hybridized carbons (Fsp3) is 0.500. The van der Waals surface area contributed by atoms with Gasteiger partial charge in [0, 0.05) is 10.4 Å². The second kappa shape index (κ2) is 15.3. The number of carboxylic acids is 2. The van der Waals surface area contributed by atoms with Crippen molar-refractivity contribution in [1.29, 1.82) is 0 Å². The molecule has 18 heavy (non-hydrogen) atoms. The minimum absolute atomic E-state index is 0. The molecule has 2 atom stereocenters. The maximum Gasteiger partial charge on any atom is 2.00 e. The number of aliphatic hydroxyl groups is 2. The molecule has 1 radical (unpaired) electrons. The van der Waals surface area contributed by atoms with Crippen LogP contribution in [0.15, 0.2) is 0 Å². The number of rotatable bonds is 3. The van der Waals surface area contributed by atoms with Gasteiger partial charge in [0.1, 0.15) is 12.2 Å². The van der Waals surface area contributed by atoms with Gasteiger partial charge in [-0.1, -0.05) is 0 Å². The van der Waals surface area contributed by atoms with Crippen LogP contribution in [0.1, 0.15) is 0 Å². The van der Waals surface area contributed by atoms with E-state index in [-0.39, 0.29) is 98.0 Å². The average Bonchev–Trinajstić information content (AvgIpc) is 1.98. The first-order valence-electron chi connectivity index (χ1n) is 2.91. The molecule has 0 aromatic carbocycles. The van der Waals surface area contributed by atoms with Crippen molar-refractivity contribution < 1.29 is 146 Å². The Balaban J connectivity index is -0.0000000621. The Morgan fingerprint density at radius 2 is 1.06 bits per heavy atom. The van der Waals surface area contributed by atoms with Crippen molar-refractivity contribution in [2.24, 2.45) is 0 Å². The normalized spacial score (nSPS) is 12.0.